The number of nitrogens with one attached hydrogen (secondary N) is 2. The number of hydrogen-bond donors (Lipinski definition) is 3. The maximum absolute atomic E-state index is 10.5. The largest absolute Gasteiger partial charge is 0.465 e. The van der Waals surface area contributed by atoms with Gasteiger partial charge in [-0.05, 0) is 25.0 Å². The Morgan fingerprint density at radius 3 is 3.00 bits per heavy atom. The van der Waals surface area contributed by atoms with E-state index in [0.717, 1.165) is 16.5 Å². The first-order valence-electron chi connectivity index (χ1n) is 5.21. The summed E-state index contributed by atoms with van der Waals surface area (Å²) in [6, 6.07) is 7.91. The Labute approximate surface area is 93.3 Å². The molecule has 0 saturated carbocycles. The second-order valence-electron chi connectivity index (χ2n) is 3.91. The van der Waals surface area contributed by atoms with Gasteiger partial charge in [0.15, 0.2) is 0 Å². The van der Waals surface area contributed by atoms with Crippen molar-refractivity contribution in [3.8, 4) is 0 Å². The van der Waals surface area contributed by atoms with Crippen molar-refractivity contribution in [2.24, 2.45) is 0 Å². The highest BCUT2D eigenvalue weighted by Gasteiger charge is 2.09. The van der Waals surface area contributed by atoms with E-state index in [0.29, 0.717) is 6.42 Å². The Bertz CT molecular complexity index is 504. The Hall–Kier alpha value is -1.97. The van der Waals surface area contributed by atoms with Gasteiger partial charge < -0.3 is 15.4 Å². The average molecular weight is 218 g/mol. The van der Waals surface area contributed by atoms with Gasteiger partial charge in [0.25, 0.3) is 0 Å². The summed E-state index contributed by atoms with van der Waals surface area (Å²) >= 11 is 0. The molecule has 0 bridgehead atoms. The van der Waals surface area contributed by atoms with E-state index in [4.69, 9.17) is 5.11 Å². The smallest absolute Gasteiger partial charge is 0.404 e. The molecule has 1 heterocycles. The molecule has 0 saturated heterocycles. The topological polar surface area (TPSA) is 65.1 Å². The first kappa shape index (κ1) is 10.5. The Morgan fingerprint density at radius 1 is 1.50 bits per heavy atom. The van der Waals surface area contributed by atoms with Crippen LogP contribution in [0, 0.1) is 0 Å². The summed E-state index contributed by atoms with van der Waals surface area (Å²) < 4.78 is 0. The number of fused-ring (bicyclic) bond motifs is 1. The van der Waals surface area contributed by atoms with Crippen LogP contribution in [0.15, 0.2) is 30.5 Å². The average Bonchev–Trinajstić information content (AvgIpc) is 2.61. The highest BCUT2D eigenvalue weighted by Crippen LogP contribution is 2.18. The van der Waals surface area contributed by atoms with Crippen LogP contribution < -0.4 is 5.32 Å². The minimum absolute atomic E-state index is 0.0864. The second-order valence-corrected chi connectivity index (χ2v) is 3.91. The fourth-order valence-corrected chi connectivity index (χ4v) is 1.89. The van der Waals surface area contributed by atoms with Gasteiger partial charge in [-0.3, -0.25) is 0 Å². The molecule has 0 spiro atoms. The Balaban J connectivity index is 2.18. The molecule has 0 aliphatic rings. The van der Waals surface area contributed by atoms with Crippen LogP contribution in [0.4, 0.5) is 4.79 Å². The zero-order valence-electron chi connectivity index (χ0n) is 9.03. The van der Waals surface area contributed by atoms with Crippen LogP contribution in [0.2, 0.25) is 0 Å². The molecule has 1 amide bonds. The van der Waals surface area contributed by atoms with Crippen LogP contribution in [-0.2, 0) is 6.42 Å². The monoisotopic (exact) mass is 218 g/mol. The SMILES string of the molecule is C[C@H](Cc1c[nH]c2ccccc12)NC(=O)O. The number of aromatic nitrogens is 1. The van der Waals surface area contributed by atoms with Crippen molar-refractivity contribution in [3.63, 3.8) is 0 Å². The molecule has 0 aliphatic heterocycles. The predicted octanol–water partition coefficient (Wildman–Crippen LogP) is 2.37. The number of benzene rings is 1. The van der Waals surface area contributed by atoms with Crippen LogP contribution >= 0.6 is 0 Å². The minimum Gasteiger partial charge on any atom is -0.465 e. The van der Waals surface area contributed by atoms with Crippen LogP contribution in [-0.4, -0.2) is 22.2 Å². The summed E-state index contributed by atoms with van der Waals surface area (Å²) in [7, 11) is 0. The van der Waals surface area contributed by atoms with Gasteiger partial charge in [-0.25, -0.2) is 4.79 Å². The number of para-hydroxylation sites is 1. The number of H-pyrrole nitrogens is 1. The van der Waals surface area contributed by atoms with Crippen LogP contribution in [0.3, 0.4) is 0 Å². The van der Waals surface area contributed by atoms with Crippen LogP contribution in [0.25, 0.3) is 10.9 Å². The van der Waals surface area contributed by atoms with Crippen LogP contribution in [0.5, 0.6) is 0 Å². The van der Waals surface area contributed by atoms with Crippen molar-refractivity contribution < 1.29 is 9.90 Å². The van der Waals surface area contributed by atoms with E-state index >= 15 is 0 Å². The van der Waals surface area contributed by atoms with E-state index in [1.165, 1.54) is 0 Å². The molecule has 16 heavy (non-hydrogen) atoms. The van der Waals surface area contributed by atoms with Gasteiger partial charge >= 0.3 is 6.09 Å². The Morgan fingerprint density at radius 2 is 2.25 bits per heavy atom. The quantitative estimate of drug-likeness (QED) is 0.740. The lowest BCUT2D eigenvalue weighted by atomic mass is 10.1. The van der Waals surface area contributed by atoms with Gasteiger partial charge in [0.2, 0.25) is 0 Å². The summed E-state index contributed by atoms with van der Waals surface area (Å²) in [6.45, 7) is 1.86. The van der Waals surface area contributed by atoms with E-state index in [2.05, 4.69) is 10.3 Å². The third-order valence-electron chi connectivity index (χ3n) is 2.57. The molecule has 4 heteroatoms. The lowest BCUT2D eigenvalue weighted by Gasteiger charge is -2.10. The summed E-state index contributed by atoms with van der Waals surface area (Å²) in [5, 5.41) is 12.2. The molecular weight excluding hydrogens is 204 g/mol. The first-order valence-corrected chi connectivity index (χ1v) is 5.21. The van der Waals surface area contributed by atoms with Gasteiger partial charge in [-0.1, -0.05) is 18.2 Å². The summed E-state index contributed by atoms with van der Waals surface area (Å²) in [4.78, 5) is 13.7. The van der Waals surface area contributed by atoms with E-state index < -0.39 is 6.09 Å². The molecule has 0 aliphatic carbocycles. The molecular formula is C12H14N2O2. The predicted molar refractivity (Wildman–Crippen MR) is 62.6 cm³/mol. The number of aromatic amines is 1. The Kier molecular flexibility index (Phi) is 2.81. The van der Waals surface area contributed by atoms with Gasteiger partial charge in [0.1, 0.15) is 0 Å². The molecule has 1 atom stereocenters. The molecule has 2 rings (SSSR count). The van der Waals surface area contributed by atoms with E-state index in [9.17, 15) is 4.79 Å². The molecule has 0 fully saturated rings. The summed E-state index contributed by atoms with van der Waals surface area (Å²) in [5.74, 6) is 0. The lowest BCUT2D eigenvalue weighted by Crippen LogP contribution is -2.32. The van der Waals surface area contributed by atoms with Gasteiger partial charge in [-0.2, -0.15) is 0 Å². The first-order chi connectivity index (χ1) is 7.66. The lowest BCUT2D eigenvalue weighted by molar-refractivity contribution is 0.190. The number of carbonyl (C=O) groups is 1. The normalized spacial score (nSPS) is 12.6. The van der Waals surface area contributed by atoms with Crippen molar-refractivity contribution in [2.75, 3.05) is 0 Å². The minimum atomic E-state index is -0.979. The zero-order chi connectivity index (χ0) is 11.5. The molecule has 1 aromatic heterocycles. The molecule has 1 aromatic carbocycles. The van der Waals surface area contributed by atoms with Gasteiger partial charge in [0, 0.05) is 23.1 Å². The van der Waals surface area contributed by atoms with Gasteiger partial charge in [0.05, 0.1) is 0 Å². The van der Waals surface area contributed by atoms with Crippen molar-refractivity contribution in [2.45, 2.75) is 19.4 Å². The fourth-order valence-electron chi connectivity index (χ4n) is 1.89. The molecule has 2 aromatic rings. The van der Waals surface area contributed by atoms with Crippen molar-refractivity contribution in [1.29, 1.82) is 0 Å². The van der Waals surface area contributed by atoms with E-state index in [1.807, 2.05) is 37.4 Å². The highest BCUT2D eigenvalue weighted by molar-refractivity contribution is 5.83. The van der Waals surface area contributed by atoms with E-state index in [1.54, 1.807) is 0 Å². The fraction of sp³-hybridized carbons (Fsp3) is 0.250. The van der Waals surface area contributed by atoms with Crippen molar-refractivity contribution in [1.82, 2.24) is 10.3 Å². The molecule has 0 radical (unpaired) electrons. The maximum Gasteiger partial charge on any atom is 0.404 e. The molecule has 3 N–H and O–H groups in total. The third kappa shape index (κ3) is 2.16. The third-order valence-corrected chi connectivity index (χ3v) is 2.57. The number of amides is 1. The summed E-state index contributed by atoms with van der Waals surface area (Å²) in [5.41, 5.74) is 2.22. The number of hydrogen-bond acceptors (Lipinski definition) is 1. The highest BCUT2D eigenvalue weighted by atomic mass is 16.4. The maximum atomic E-state index is 10.5. The molecule has 84 valence electrons. The van der Waals surface area contributed by atoms with Crippen molar-refractivity contribution in [3.05, 3.63) is 36.0 Å². The number of carboxylic acid groups (broad SMARTS) is 1. The number of rotatable bonds is 3. The molecule has 0 unspecified atom stereocenters. The summed E-state index contributed by atoms with van der Waals surface area (Å²) in [6.07, 6.45) is 1.65. The van der Waals surface area contributed by atoms with Crippen LogP contribution in [0.1, 0.15) is 12.5 Å². The second kappa shape index (κ2) is 4.26. The van der Waals surface area contributed by atoms with E-state index in [-0.39, 0.29) is 6.04 Å². The van der Waals surface area contributed by atoms with Gasteiger partial charge in [-0.15, -0.1) is 0 Å². The molecule has 4 nitrogen and oxygen atoms in total. The standard InChI is InChI=1S/C12H14N2O2/c1-8(14-12(15)16)6-9-7-13-11-5-3-2-4-10(9)11/h2-5,7-8,13-14H,6H2,1H3,(H,15,16)/t8-/m1/s1. The van der Waals surface area contributed by atoms with Crippen molar-refractivity contribution >= 4 is 17.0 Å². The zero-order valence-corrected chi connectivity index (χ0v) is 9.03.